The van der Waals surface area contributed by atoms with E-state index in [9.17, 15) is 0 Å². The van der Waals surface area contributed by atoms with E-state index < -0.39 is 0 Å². The summed E-state index contributed by atoms with van der Waals surface area (Å²) in [5.74, 6) is 1.52. The fourth-order valence-corrected chi connectivity index (χ4v) is 6.43. The van der Waals surface area contributed by atoms with E-state index in [2.05, 4.69) is 117 Å². The molecule has 1 rings (SSSR count). The number of hydrogen-bond donors (Lipinski definition) is 0. The Morgan fingerprint density at radius 2 is 1.67 bits per heavy atom. The molecule has 1 nitrogen and oxygen atoms in total. The maximum atomic E-state index is 6.05. The number of hydrogen-bond acceptors (Lipinski definition) is 1. The van der Waals surface area contributed by atoms with E-state index in [4.69, 9.17) is 4.74 Å². The molecule has 1 unspecified atom stereocenters. The van der Waals surface area contributed by atoms with Crippen LogP contribution in [0.15, 0.2) is 12.1 Å². The van der Waals surface area contributed by atoms with Gasteiger partial charge >= 0.3 is 0 Å². The predicted molar refractivity (Wildman–Crippen MR) is 107 cm³/mol. The first kappa shape index (κ1) is 17.7. The molecular weight excluding hydrogens is 633 g/mol. The summed E-state index contributed by atoms with van der Waals surface area (Å²) < 4.78 is 9.68. The number of halogens is 4. The van der Waals surface area contributed by atoms with Gasteiger partial charge in [0.25, 0.3) is 0 Å². The molecule has 0 saturated heterocycles. The summed E-state index contributed by atoms with van der Waals surface area (Å²) in [6.45, 7) is 7.52. The minimum atomic E-state index is 0.254. The van der Waals surface area contributed by atoms with Gasteiger partial charge in [0.2, 0.25) is 0 Å². The second kappa shape index (κ2) is 7.63. The highest BCUT2D eigenvalue weighted by Gasteiger charge is 2.24. The van der Waals surface area contributed by atoms with E-state index in [0.717, 1.165) is 17.7 Å². The number of benzene rings is 1. The van der Waals surface area contributed by atoms with Gasteiger partial charge in [-0.3, -0.25) is 0 Å². The van der Waals surface area contributed by atoms with E-state index in [0.29, 0.717) is 5.92 Å². The average Bonchev–Trinajstić information content (AvgIpc) is 2.19. The zero-order chi connectivity index (χ0) is 13.9. The molecule has 0 aliphatic rings. The maximum Gasteiger partial charge on any atom is 0.146 e. The molecule has 0 fully saturated rings. The van der Waals surface area contributed by atoms with Gasteiger partial charge in [-0.05, 0) is 85.3 Å². The van der Waals surface area contributed by atoms with E-state index in [1.54, 1.807) is 0 Å². The Bertz CT molecular complexity index is 392. The lowest BCUT2D eigenvalue weighted by molar-refractivity contribution is 0.164. The third-order valence-corrected chi connectivity index (χ3v) is 5.81. The molecule has 0 saturated carbocycles. The van der Waals surface area contributed by atoms with Crippen molar-refractivity contribution in [3.8, 4) is 5.75 Å². The van der Waals surface area contributed by atoms with Gasteiger partial charge in [0.1, 0.15) is 5.75 Å². The van der Waals surface area contributed by atoms with Gasteiger partial charge in [-0.1, -0.05) is 36.7 Å². The van der Waals surface area contributed by atoms with Crippen LogP contribution in [0.4, 0.5) is 0 Å². The van der Waals surface area contributed by atoms with Crippen LogP contribution in [0.3, 0.4) is 0 Å². The smallest absolute Gasteiger partial charge is 0.146 e. The summed E-state index contributed by atoms with van der Waals surface area (Å²) in [5, 5.41) is 0.966. The van der Waals surface area contributed by atoms with E-state index in [1.807, 2.05) is 0 Å². The summed E-state index contributed by atoms with van der Waals surface area (Å²) in [4.78, 5) is 0. The minimum Gasteiger partial charge on any atom is -0.491 e. The van der Waals surface area contributed by atoms with Crippen LogP contribution in [0.25, 0.3) is 0 Å². The zero-order valence-electron chi connectivity index (χ0n) is 10.6. The number of ether oxygens (including phenoxy) is 1. The highest BCUT2D eigenvalue weighted by Crippen LogP contribution is 2.32. The molecule has 0 N–H and O–H groups in total. The lowest BCUT2D eigenvalue weighted by Gasteiger charge is -2.29. The van der Waals surface area contributed by atoms with Crippen molar-refractivity contribution in [3.63, 3.8) is 0 Å². The molecule has 1 atom stereocenters. The van der Waals surface area contributed by atoms with Crippen molar-refractivity contribution in [2.45, 2.75) is 20.8 Å². The molecule has 1 aromatic rings. The number of alkyl halides is 1. The largest absolute Gasteiger partial charge is 0.491 e. The average molecular weight is 649 g/mol. The second-order valence-electron chi connectivity index (χ2n) is 5.23. The summed E-state index contributed by atoms with van der Waals surface area (Å²) in [6.07, 6.45) is 0. The van der Waals surface area contributed by atoms with Gasteiger partial charge < -0.3 is 4.74 Å². The predicted octanol–water partition coefficient (Wildman–Crippen LogP) is 5.94. The third kappa shape index (κ3) is 5.23. The molecule has 0 amide bonds. The van der Waals surface area contributed by atoms with Crippen LogP contribution < -0.4 is 4.74 Å². The van der Waals surface area contributed by atoms with Crippen LogP contribution >= 0.6 is 83.7 Å². The molecule has 0 bridgehead atoms. The van der Waals surface area contributed by atoms with Crippen molar-refractivity contribution in [2.75, 3.05) is 11.9 Å². The Morgan fingerprint density at radius 3 is 2.06 bits per heavy atom. The molecule has 0 aliphatic heterocycles. The summed E-state index contributed by atoms with van der Waals surface area (Å²) in [6, 6.07) is 4.30. The van der Waals surface area contributed by atoms with Crippen LogP contribution in [0.5, 0.6) is 5.75 Å². The summed E-state index contributed by atoms with van der Waals surface area (Å²) >= 11 is 10.6. The van der Waals surface area contributed by atoms with Crippen LogP contribution in [0, 0.1) is 22.0 Å². The van der Waals surface area contributed by atoms with Gasteiger partial charge in [-0.15, -0.1) is 0 Å². The maximum absolute atomic E-state index is 6.05. The monoisotopic (exact) mass is 648 g/mol. The van der Waals surface area contributed by atoms with Crippen molar-refractivity contribution < 1.29 is 4.74 Å². The fourth-order valence-electron chi connectivity index (χ4n) is 1.38. The second-order valence-corrected chi connectivity index (χ2v) is 9.44. The van der Waals surface area contributed by atoms with Crippen molar-refractivity contribution in [3.05, 3.63) is 22.8 Å². The first-order valence-electron chi connectivity index (χ1n) is 5.59. The highest BCUT2D eigenvalue weighted by atomic mass is 127. The molecule has 0 spiro atoms. The van der Waals surface area contributed by atoms with Gasteiger partial charge in [-0.25, -0.2) is 0 Å². The van der Waals surface area contributed by atoms with E-state index in [1.165, 1.54) is 10.7 Å². The lowest BCUT2D eigenvalue weighted by atomic mass is 9.83. The Hall–Kier alpha value is 1.69. The molecule has 102 valence electrons. The fraction of sp³-hybridized carbons (Fsp3) is 0.538. The van der Waals surface area contributed by atoms with Gasteiger partial charge in [0.15, 0.2) is 0 Å². The van der Waals surface area contributed by atoms with Crippen LogP contribution in [-0.2, 0) is 0 Å². The van der Waals surface area contributed by atoms with E-state index in [-0.39, 0.29) is 5.41 Å². The molecule has 0 aliphatic carbocycles. The molecule has 5 heteroatoms. The quantitative estimate of drug-likeness (QED) is 0.291. The first-order valence-corrected chi connectivity index (χ1v) is 9.94. The Labute approximate surface area is 159 Å². The summed E-state index contributed by atoms with van der Waals surface area (Å²) in [5.41, 5.74) is 0.254. The molecule has 0 aromatic heterocycles. The van der Waals surface area contributed by atoms with Crippen LogP contribution in [-0.4, -0.2) is 11.9 Å². The molecule has 1 aromatic carbocycles. The van der Waals surface area contributed by atoms with Crippen LogP contribution in [0.1, 0.15) is 20.8 Å². The van der Waals surface area contributed by atoms with Crippen molar-refractivity contribution >= 4 is 83.7 Å². The lowest BCUT2D eigenvalue weighted by Crippen LogP contribution is -2.28. The highest BCUT2D eigenvalue weighted by molar-refractivity contribution is 14.1. The molecular formula is C13H16BrI3O. The molecule has 0 heterocycles. The first-order chi connectivity index (χ1) is 8.25. The summed E-state index contributed by atoms with van der Waals surface area (Å²) in [7, 11) is 0. The molecule has 18 heavy (non-hydrogen) atoms. The van der Waals surface area contributed by atoms with Gasteiger partial charge in [0.05, 0.1) is 13.7 Å². The third-order valence-electron chi connectivity index (χ3n) is 2.80. The SMILES string of the molecule is CC(C)(C)C(CBr)COc1c(I)cc(I)cc1I. The topological polar surface area (TPSA) is 9.23 Å². The Kier molecular flexibility index (Phi) is 7.52. The Morgan fingerprint density at radius 1 is 1.17 bits per heavy atom. The normalized spacial score (nSPS) is 13.5. The van der Waals surface area contributed by atoms with Crippen molar-refractivity contribution in [2.24, 2.45) is 11.3 Å². The van der Waals surface area contributed by atoms with Gasteiger partial charge in [-0.2, -0.15) is 0 Å². The van der Waals surface area contributed by atoms with Crippen molar-refractivity contribution in [1.29, 1.82) is 0 Å². The number of rotatable bonds is 4. The zero-order valence-corrected chi connectivity index (χ0v) is 18.6. The molecule has 0 radical (unpaired) electrons. The standard InChI is InChI=1S/C13H16BrI3O/c1-13(2,3)8(6-14)7-18-12-10(16)4-9(15)5-11(12)17/h4-5,8H,6-7H2,1-3H3. The minimum absolute atomic E-state index is 0.254. The van der Waals surface area contributed by atoms with Gasteiger partial charge in [0, 0.05) is 14.8 Å². The Balaban J connectivity index is 2.80. The van der Waals surface area contributed by atoms with Crippen molar-refractivity contribution in [1.82, 2.24) is 0 Å². The van der Waals surface area contributed by atoms with Crippen LogP contribution in [0.2, 0.25) is 0 Å². The van der Waals surface area contributed by atoms with E-state index >= 15 is 0 Å².